The summed E-state index contributed by atoms with van der Waals surface area (Å²) in [5, 5.41) is 16.8. The molecule has 1 rings (SSSR count). The zero-order valence-electron chi connectivity index (χ0n) is 8.98. The molecular weight excluding hydrogens is 306 g/mol. The van der Waals surface area contributed by atoms with E-state index in [1.165, 1.54) is 0 Å². The Bertz CT molecular complexity index is 537. The third-order valence-electron chi connectivity index (χ3n) is 2.02. The van der Waals surface area contributed by atoms with Gasteiger partial charge in [0.1, 0.15) is 6.07 Å². The van der Waals surface area contributed by atoms with E-state index in [-0.39, 0.29) is 5.75 Å². The van der Waals surface area contributed by atoms with Gasteiger partial charge in [0.2, 0.25) is 10.0 Å². The number of rotatable bonds is 5. The number of primary sulfonamides is 1. The first kappa shape index (κ1) is 14.0. The molecule has 5 nitrogen and oxygen atoms in total. The number of halogens is 1. The molecule has 0 aliphatic heterocycles. The lowest BCUT2D eigenvalue weighted by Gasteiger charge is -2.07. The van der Waals surface area contributed by atoms with Crippen LogP contribution in [0.5, 0.6) is 0 Å². The molecule has 0 amide bonds. The quantitative estimate of drug-likeness (QED) is 0.802. The van der Waals surface area contributed by atoms with Crippen LogP contribution in [0.1, 0.15) is 12.0 Å². The standard InChI is InChI=1S/C10H12BrN3O2S/c11-9-2-3-10(8(6-9)7-12)14-4-1-5-17(13,15)16/h2-3,6,14H,1,4-5H2,(H2,13,15,16). The molecule has 0 spiro atoms. The highest BCUT2D eigenvalue weighted by atomic mass is 79.9. The average molecular weight is 318 g/mol. The fraction of sp³-hybridized carbons (Fsp3) is 0.300. The second kappa shape index (κ2) is 6.00. The Morgan fingerprint density at radius 3 is 2.76 bits per heavy atom. The summed E-state index contributed by atoms with van der Waals surface area (Å²) in [6.45, 7) is 0.451. The molecule has 1 aromatic rings. The van der Waals surface area contributed by atoms with E-state index in [4.69, 9.17) is 10.4 Å². The number of sulfonamides is 1. The number of nitrogens with two attached hydrogens (primary N) is 1. The van der Waals surface area contributed by atoms with Gasteiger partial charge in [0.15, 0.2) is 0 Å². The first-order valence-corrected chi connectivity index (χ1v) is 7.37. The van der Waals surface area contributed by atoms with Gasteiger partial charge in [0.25, 0.3) is 0 Å². The van der Waals surface area contributed by atoms with Crippen molar-refractivity contribution in [1.82, 2.24) is 0 Å². The summed E-state index contributed by atoms with van der Waals surface area (Å²) < 4.78 is 22.2. The van der Waals surface area contributed by atoms with Crippen LogP contribution in [0.3, 0.4) is 0 Å². The van der Waals surface area contributed by atoms with Crippen molar-refractivity contribution >= 4 is 31.6 Å². The molecule has 0 fully saturated rings. The molecule has 0 unspecified atom stereocenters. The van der Waals surface area contributed by atoms with Crippen molar-refractivity contribution in [2.75, 3.05) is 17.6 Å². The predicted octanol–water partition coefficient (Wildman–Crippen LogP) is 1.41. The minimum atomic E-state index is -3.41. The van der Waals surface area contributed by atoms with Crippen molar-refractivity contribution in [3.63, 3.8) is 0 Å². The second-order valence-electron chi connectivity index (χ2n) is 3.45. The number of nitrogens with zero attached hydrogens (tertiary/aromatic N) is 1. The number of hydrogen-bond donors (Lipinski definition) is 2. The lowest BCUT2D eigenvalue weighted by atomic mass is 10.2. The Labute approximate surface area is 109 Å². The SMILES string of the molecule is N#Cc1cc(Br)ccc1NCCCS(N)(=O)=O. The Morgan fingerprint density at radius 1 is 1.47 bits per heavy atom. The fourth-order valence-corrected chi connectivity index (χ4v) is 2.17. The van der Waals surface area contributed by atoms with E-state index < -0.39 is 10.0 Å². The summed E-state index contributed by atoms with van der Waals surface area (Å²) in [6.07, 6.45) is 0.403. The van der Waals surface area contributed by atoms with Crippen LogP contribution < -0.4 is 10.5 Å². The molecule has 0 aliphatic rings. The van der Waals surface area contributed by atoms with Gasteiger partial charge >= 0.3 is 0 Å². The Hall–Kier alpha value is -1.10. The van der Waals surface area contributed by atoms with E-state index in [0.717, 1.165) is 4.47 Å². The zero-order valence-corrected chi connectivity index (χ0v) is 11.4. The van der Waals surface area contributed by atoms with Crippen LogP contribution in [0.25, 0.3) is 0 Å². The summed E-state index contributed by atoms with van der Waals surface area (Å²) >= 11 is 3.27. The third kappa shape index (κ3) is 5.17. The number of nitriles is 1. The lowest BCUT2D eigenvalue weighted by molar-refractivity contribution is 0.596. The predicted molar refractivity (Wildman–Crippen MR) is 69.9 cm³/mol. The van der Waals surface area contributed by atoms with Gasteiger partial charge in [-0.2, -0.15) is 5.26 Å². The molecule has 0 saturated heterocycles. The average Bonchev–Trinajstić information content (AvgIpc) is 2.24. The highest BCUT2D eigenvalue weighted by Crippen LogP contribution is 2.20. The van der Waals surface area contributed by atoms with Gasteiger partial charge in [0, 0.05) is 11.0 Å². The molecule has 17 heavy (non-hydrogen) atoms. The van der Waals surface area contributed by atoms with Crippen LogP contribution in [-0.4, -0.2) is 20.7 Å². The monoisotopic (exact) mass is 317 g/mol. The van der Waals surface area contributed by atoms with Gasteiger partial charge < -0.3 is 5.32 Å². The van der Waals surface area contributed by atoms with Crippen LogP contribution in [0, 0.1) is 11.3 Å². The molecule has 0 aromatic heterocycles. The number of benzene rings is 1. The normalized spacial score (nSPS) is 10.9. The van der Waals surface area contributed by atoms with Crippen molar-refractivity contribution in [1.29, 1.82) is 5.26 Å². The molecule has 92 valence electrons. The van der Waals surface area contributed by atoms with Crippen molar-refractivity contribution in [2.45, 2.75) is 6.42 Å². The van der Waals surface area contributed by atoms with E-state index in [2.05, 4.69) is 27.3 Å². The highest BCUT2D eigenvalue weighted by Gasteiger charge is 2.04. The summed E-state index contributed by atoms with van der Waals surface area (Å²) in [7, 11) is -3.41. The van der Waals surface area contributed by atoms with Crippen LogP contribution in [0.15, 0.2) is 22.7 Å². The summed E-state index contributed by atoms with van der Waals surface area (Å²) in [6, 6.07) is 7.33. The molecule has 0 aliphatic carbocycles. The molecule has 0 bridgehead atoms. The van der Waals surface area contributed by atoms with Crippen LogP contribution in [-0.2, 0) is 10.0 Å². The van der Waals surface area contributed by atoms with Gasteiger partial charge in [-0.15, -0.1) is 0 Å². The lowest BCUT2D eigenvalue weighted by Crippen LogP contribution is -2.18. The molecule has 1 aromatic carbocycles. The summed E-state index contributed by atoms with van der Waals surface area (Å²) in [5.74, 6) is -0.0710. The number of nitrogens with one attached hydrogen (secondary N) is 1. The van der Waals surface area contributed by atoms with Gasteiger partial charge in [0.05, 0.1) is 17.0 Å². The molecule has 3 N–H and O–H groups in total. The molecule has 0 saturated carbocycles. The first-order valence-electron chi connectivity index (χ1n) is 4.86. The molecule has 0 radical (unpaired) electrons. The second-order valence-corrected chi connectivity index (χ2v) is 6.10. The van der Waals surface area contributed by atoms with Gasteiger partial charge in [-0.05, 0) is 24.6 Å². The van der Waals surface area contributed by atoms with E-state index in [1.54, 1.807) is 12.1 Å². The van der Waals surface area contributed by atoms with Crippen molar-refractivity contribution in [2.24, 2.45) is 5.14 Å². The number of anilines is 1. The Morgan fingerprint density at radius 2 is 2.18 bits per heavy atom. The van der Waals surface area contributed by atoms with E-state index in [0.29, 0.717) is 24.2 Å². The smallest absolute Gasteiger partial charge is 0.209 e. The first-order chi connectivity index (χ1) is 7.92. The maximum Gasteiger partial charge on any atom is 0.209 e. The number of hydrogen-bond acceptors (Lipinski definition) is 4. The fourth-order valence-electron chi connectivity index (χ4n) is 1.26. The maximum absolute atomic E-state index is 10.7. The molecule has 0 atom stereocenters. The van der Waals surface area contributed by atoms with Crippen molar-refractivity contribution < 1.29 is 8.42 Å². The van der Waals surface area contributed by atoms with Crippen LogP contribution >= 0.6 is 15.9 Å². The minimum absolute atomic E-state index is 0.0710. The topological polar surface area (TPSA) is 96.0 Å². The largest absolute Gasteiger partial charge is 0.384 e. The van der Waals surface area contributed by atoms with Crippen LogP contribution in [0.4, 0.5) is 5.69 Å². The van der Waals surface area contributed by atoms with Crippen molar-refractivity contribution in [3.8, 4) is 6.07 Å². The molecule has 7 heteroatoms. The minimum Gasteiger partial charge on any atom is -0.384 e. The highest BCUT2D eigenvalue weighted by molar-refractivity contribution is 9.10. The van der Waals surface area contributed by atoms with Crippen LogP contribution in [0.2, 0.25) is 0 Å². The zero-order chi connectivity index (χ0) is 12.9. The van der Waals surface area contributed by atoms with E-state index in [9.17, 15) is 8.42 Å². The van der Waals surface area contributed by atoms with Gasteiger partial charge in [-0.25, -0.2) is 13.6 Å². The summed E-state index contributed by atoms with van der Waals surface area (Å²) in [4.78, 5) is 0. The van der Waals surface area contributed by atoms with Crippen molar-refractivity contribution in [3.05, 3.63) is 28.2 Å². The van der Waals surface area contributed by atoms with E-state index >= 15 is 0 Å². The Balaban J connectivity index is 2.56. The maximum atomic E-state index is 10.7. The van der Waals surface area contributed by atoms with Gasteiger partial charge in [-0.1, -0.05) is 15.9 Å². The third-order valence-corrected chi connectivity index (χ3v) is 3.37. The molecular formula is C10H12BrN3O2S. The van der Waals surface area contributed by atoms with Gasteiger partial charge in [-0.3, -0.25) is 0 Å². The molecule has 0 heterocycles. The summed E-state index contributed by atoms with van der Waals surface area (Å²) in [5.41, 5.74) is 1.19. The Kier molecular flexibility index (Phi) is 4.93. The van der Waals surface area contributed by atoms with E-state index in [1.807, 2.05) is 6.07 Å².